The molecule has 0 amide bonds. The Labute approximate surface area is 142 Å². The van der Waals surface area contributed by atoms with Crippen LogP contribution in [0.5, 0.6) is 0 Å². The van der Waals surface area contributed by atoms with Gasteiger partial charge in [0.25, 0.3) is 0 Å². The quantitative estimate of drug-likeness (QED) is 0.474. The minimum Gasteiger partial charge on any atom is -0.422 e. The smallest absolute Gasteiger partial charge is 0.343 e. The van der Waals surface area contributed by atoms with Gasteiger partial charge in [0.15, 0.2) is 0 Å². The van der Waals surface area contributed by atoms with Gasteiger partial charge in [-0.3, -0.25) is 4.72 Å². The Morgan fingerprint density at radius 2 is 2.04 bits per heavy atom. The van der Waals surface area contributed by atoms with Gasteiger partial charge in [-0.1, -0.05) is 11.8 Å². The molecular weight excluding hydrogens is 342 g/mol. The zero-order valence-corrected chi connectivity index (χ0v) is 13.5. The summed E-state index contributed by atoms with van der Waals surface area (Å²) in [6.45, 7) is 0. The molecule has 0 saturated heterocycles. The average molecular weight is 351 g/mol. The van der Waals surface area contributed by atoms with Crippen molar-refractivity contribution in [2.24, 2.45) is 0 Å². The lowest BCUT2D eigenvalue weighted by atomic mass is 10.1. The first kappa shape index (κ1) is 16.3. The zero-order valence-electron chi connectivity index (χ0n) is 12.7. The molecule has 25 heavy (non-hydrogen) atoms. The first-order valence-corrected chi connectivity index (χ1v) is 8.70. The molecule has 0 fully saturated rings. The van der Waals surface area contributed by atoms with E-state index >= 15 is 0 Å². The van der Waals surface area contributed by atoms with Gasteiger partial charge in [0.1, 0.15) is 23.3 Å². The van der Waals surface area contributed by atoms with Crippen molar-refractivity contribution in [2.75, 3.05) is 10.5 Å². The maximum absolute atomic E-state index is 12.0. The van der Waals surface area contributed by atoms with E-state index in [1.54, 1.807) is 12.1 Å². The molecule has 0 bridgehead atoms. The fourth-order valence-electron chi connectivity index (χ4n) is 2.28. The summed E-state index contributed by atoms with van der Waals surface area (Å²) in [5, 5.41) is 18.0. The highest BCUT2D eigenvalue weighted by atomic mass is 32.2. The van der Waals surface area contributed by atoms with Crippen molar-refractivity contribution in [3.8, 4) is 24.0 Å². The molecule has 1 N–H and O–H groups in total. The number of nitriles is 2. The predicted molar refractivity (Wildman–Crippen MR) is 90.6 cm³/mol. The first-order chi connectivity index (χ1) is 11.9. The minimum absolute atomic E-state index is 0.0188. The minimum atomic E-state index is -3.51. The highest BCUT2D eigenvalue weighted by Crippen LogP contribution is 2.26. The molecule has 7 nitrogen and oxygen atoms in total. The lowest BCUT2D eigenvalue weighted by molar-refractivity contribution is 0.559. The second-order valence-electron chi connectivity index (χ2n) is 5.18. The summed E-state index contributed by atoms with van der Waals surface area (Å²) < 4.78 is 31.5. The summed E-state index contributed by atoms with van der Waals surface area (Å²) in [4.78, 5) is 12.0. The predicted octanol–water partition coefficient (Wildman–Crippen LogP) is 1.72. The van der Waals surface area contributed by atoms with Gasteiger partial charge >= 0.3 is 5.63 Å². The molecule has 0 radical (unpaired) electrons. The van der Waals surface area contributed by atoms with Crippen LogP contribution >= 0.6 is 0 Å². The van der Waals surface area contributed by atoms with Crippen LogP contribution in [0.1, 0.15) is 17.5 Å². The third-order valence-electron chi connectivity index (χ3n) is 3.42. The van der Waals surface area contributed by atoms with E-state index < -0.39 is 15.6 Å². The third-order valence-corrected chi connectivity index (χ3v) is 4.70. The molecule has 1 aliphatic rings. The van der Waals surface area contributed by atoms with Crippen molar-refractivity contribution in [2.45, 2.75) is 6.42 Å². The standard InChI is InChI=1S/C17H9N3O4S/c18-9-11(10-19)5-14-6-13-7-15-12(8-16(13)24-17(14)21)3-1-2-4-25(22,23)20-15/h5-8,20H,2,4H2. The normalized spacial score (nSPS) is 14.3. The van der Waals surface area contributed by atoms with Crippen molar-refractivity contribution < 1.29 is 12.8 Å². The Morgan fingerprint density at radius 1 is 1.28 bits per heavy atom. The van der Waals surface area contributed by atoms with Gasteiger partial charge in [-0.2, -0.15) is 10.5 Å². The summed E-state index contributed by atoms with van der Waals surface area (Å²) in [6, 6.07) is 7.73. The number of allylic oxidation sites excluding steroid dienone is 1. The molecule has 3 rings (SSSR count). The third kappa shape index (κ3) is 3.37. The van der Waals surface area contributed by atoms with Gasteiger partial charge in [-0.25, -0.2) is 13.2 Å². The zero-order chi connectivity index (χ0) is 18.0. The molecule has 0 unspecified atom stereocenters. The maximum Gasteiger partial charge on any atom is 0.343 e. The van der Waals surface area contributed by atoms with E-state index in [2.05, 4.69) is 16.6 Å². The number of sulfonamides is 1. The van der Waals surface area contributed by atoms with Crippen LogP contribution < -0.4 is 10.3 Å². The molecule has 2 heterocycles. The van der Waals surface area contributed by atoms with Crippen LogP contribution in [-0.2, 0) is 10.0 Å². The van der Waals surface area contributed by atoms with Crippen LogP contribution in [0.3, 0.4) is 0 Å². The van der Waals surface area contributed by atoms with E-state index in [-0.39, 0.29) is 34.6 Å². The number of benzene rings is 1. The summed E-state index contributed by atoms with van der Waals surface area (Å²) in [5.74, 6) is 5.49. The van der Waals surface area contributed by atoms with E-state index in [0.717, 1.165) is 6.08 Å². The number of rotatable bonds is 1. The Bertz CT molecular complexity index is 1210. The van der Waals surface area contributed by atoms with Crippen molar-refractivity contribution in [1.82, 2.24) is 0 Å². The second-order valence-corrected chi connectivity index (χ2v) is 7.02. The molecule has 2 aromatic rings. The first-order valence-electron chi connectivity index (χ1n) is 7.05. The fourth-order valence-corrected chi connectivity index (χ4v) is 3.25. The molecule has 1 aromatic heterocycles. The molecule has 8 heteroatoms. The molecule has 0 aliphatic carbocycles. The van der Waals surface area contributed by atoms with Crippen LogP contribution in [0.25, 0.3) is 17.0 Å². The van der Waals surface area contributed by atoms with Crippen LogP contribution in [0.15, 0.2) is 33.0 Å². The largest absolute Gasteiger partial charge is 0.422 e. The van der Waals surface area contributed by atoms with Gasteiger partial charge in [-0.05, 0) is 24.3 Å². The Balaban J connectivity index is 2.25. The summed E-state index contributed by atoms with van der Waals surface area (Å²) in [5.41, 5.74) is -0.0312. The lowest BCUT2D eigenvalue weighted by Crippen LogP contribution is -2.18. The van der Waals surface area contributed by atoms with Crippen molar-refractivity contribution in [3.05, 3.63) is 45.3 Å². The number of nitrogens with one attached hydrogen (secondary N) is 1. The van der Waals surface area contributed by atoms with E-state index in [9.17, 15) is 13.2 Å². The molecule has 0 saturated carbocycles. The average Bonchev–Trinajstić information content (AvgIpc) is 2.56. The molecular formula is C17H9N3O4S. The van der Waals surface area contributed by atoms with Gasteiger partial charge in [0, 0.05) is 11.8 Å². The van der Waals surface area contributed by atoms with Crippen molar-refractivity contribution in [3.63, 3.8) is 0 Å². The number of fused-ring (bicyclic) bond motifs is 2. The van der Waals surface area contributed by atoms with Crippen LogP contribution in [0.2, 0.25) is 0 Å². The Hall–Kier alpha value is -3.54. The van der Waals surface area contributed by atoms with Crippen molar-refractivity contribution >= 4 is 32.8 Å². The van der Waals surface area contributed by atoms with Gasteiger partial charge in [-0.15, -0.1) is 0 Å². The Morgan fingerprint density at radius 3 is 2.76 bits per heavy atom. The van der Waals surface area contributed by atoms with E-state index in [4.69, 9.17) is 14.9 Å². The number of anilines is 1. The Kier molecular flexibility index (Phi) is 4.02. The molecule has 1 aromatic carbocycles. The monoisotopic (exact) mass is 351 g/mol. The number of nitrogens with zero attached hydrogens (tertiary/aromatic N) is 2. The highest BCUT2D eigenvalue weighted by molar-refractivity contribution is 7.92. The maximum atomic E-state index is 12.0. The van der Waals surface area contributed by atoms with E-state index in [1.165, 1.54) is 18.2 Å². The number of hydrogen-bond donors (Lipinski definition) is 1. The fraction of sp³-hybridized carbons (Fsp3) is 0.118. The summed E-state index contributed by atoms with van der Waals surface area (Å²) in [6.07, 6.45) is 1.32. The van der Waals surface area contributed by atoms with Gasteiger partial charge < -0.3 is 4.42 Å². The summed E-state index contributed by atoms with van der Waals surface area (Å²) in [7, 11) is -3.51. The molecule has 122 valence electrons. The molecule has 0 spiro atoms. The molecule has 0 atom stereocenters. The van der Waals surface area contributed by atoms with Gasteiger partial charge in [0.2, 0.25) is 10.0 Å². The van der Waals surface area contributed by atoms with E-state index in [1.807, 2.05) is 0 Å². The SMILES string of the molecule is N#CC(C#N)=Cc1cc2cc3c(cc2oc1=O)C#CCCS(=O)(=O)N3. The van der Waals surface area contributed by atoms with E-state index in [0.29, 0.717) is 10.9 Å². The topological polar surface area (TPSA) is 124 Å². The number of hydrogen-bond acceptors (Lipinski definition) is 6. The van der Waals surface area contributed by atoms with Crippen LogP contribution in [-0.4, -0.2) is 14.2 Å². The van der Waals surface area contributed by atoms with Crippen molar-refractivity contribution in [1.29, 1.82) is 10.5 Å². The molecule has 1 aliphatic heterocycles. The second kappa shape index (κ2) is 6.16. The van der Waals surface area contributed by atoms with Crippen LogP contribution in [0.4, 0.5) is 5.69 Å². The van der Waals surface area contributed by atoms with Gasteiger partial charge in [0.05, 0.1) is 22.6 Å². The highest BCUT2D eigenvalue weighted by Gasteiger charge is 2.16. The van der Waals surface area contributed by atoms with Crippen LogP contribution in [0, 0.1) is 34.5 Å². The summed E-state index contributed by atoms with van der Waals surface area (Å²) >= 11 is 0. The lowest BCUT2D eigenvalue weighted by Gasteiger charge is -2.12.